The molecule has 126 valence electrons. The second-order valence-corrected chi connectivity index (χ2v) is 6.87. The molecule has 0 bridgehead atoms. The van der Waals surface area contributed by atoms with Crippen LogP contribution in [0.1, 0.15) is 67.7 Å². The monoisotopic (exact) mass is 318 g/mol. The summed E-state index contributed by atoms with van der Waals surface area (Å²) in [5.74, 6) is -0.815. The number of esters is 2. The van der Waals surface area contributed by atoms with E-state index in [0.29, 0.717) is 12.3 Å². The Balaban J connectivity index is 2.04. The molecule has 1 saturated carbocycles. The van der Waals surface area contributed by atoms with Gasteiger partial charge in [-0.05, 0) is 68.2 Å². The Hall–Kier alpha value is -1.68. The lowest BCUT2D eigenvalue weighted by Crippen LogP contribution is -2.38. The van der Waals surface area contributed by atoms with Crippen LogP contribution >= 0.6 is 0 Å². The molecule has 0 spiro atoms. The number of carbonyl (C=O) groups excluding carboxylic acids is 2. The number of ether oxygens (including phenoxy) is 1. The first kappa shape index (κ1) is 17.7. The number of hydrogen-bond donors (Lipinski definition) is 1. The van der Waals surface area contributed by atoms with Gasteiger partial charge in [0.1, 0.15) is 0 Å². The van der Waals surface area contributed by atoms with Gasteiger partial charge < -0.3 is 9.84 Å². The van der Waals surface area contributed by atoms with E-state index in [9.17, 15) is 14.7 Å². The summed E-state index contributed by atoms with van der Waals surface area (Å²) in [7, 11) is 0. The number of aryl methyl sites for hydroxylation is 2. The number of rotatable bonds is 6. The number of benzene rings is 1. The van der Waals surface area contributed by atoms with Gasteiger partial charge in [0.05, 0.1) is 6.42 Å². The Morgan fingerprint density at radius 2 is 1.83 bits per heavy atom. The van der Waals surface area contributed by atoms with E-state index in [4.69, 9.17) is 4.74 Å². The predicted octanol–water partition coefficient (Wildman–Crippen LogP) is 3.34. The van der Waals surface area contributed by atoms with Crippen molar-refractivity contribution in [3.8, 4) is 0 Å². The third-order valence-electron chi connectivity index (χ3n) is 4.47. The summed E-state index contributed by atoms with van der Waals surface area (Å²) in [5.41, 5.74) is 2.74. The van der Waals surface area contributed by atoms with Crippen LogP contribution < -0.4 is 0 Å². The van der Waals surface area contributed by atoms with E-state index < -0.39 is 17.5 Å². The molecular weight excluding hydrogens is 292 g/mol. The highest BCUT2D eigenvalue weighted by Gasteiger charge is 2.33. The Kier molecular flexibility index (Phi) is 5.25. The molecule has 4 nitrogen and oxygen atoms in total. The summed E-state index contributed by atoms with van der Waals surface area (Å²) >= 11 is 0. The second-order valence-electron chi connectivity index (χ2n) is 6.87. The van der Waals surface area contributed by atoms with Gasteiger partial charge >= 0.3 is 11.9 Å². The van der Waals surface area contributed by atoms with Gasteiger partial charge in [-0.25, -0.2) is 4.79 Å². The van der Waals surface area contributed by atoms with Crippen LogP contribution in [0.15, 0.2) is 12.1 Å². The van der Waals surface area contributed by atoms with E-state index in [1.54, 1.807) is 0 Å². The van der Waals surface area contributed by atoms with Crippen molar-refractivity contribution in [1.82, 2.24) is 0 Å². The molecular formula is C19H26O4. The van der Waals surface area contributed by atoms with Crippen molar-refractivity contribution in [2.45, 2.75) is 71.3 Å². The number of hydrogen-bond acceptors (Lipinski definition) is 4. The zero-order valence-electron chi connectivity index (χ0n) is 14.4. The Bertz CT molecular complexity index is 589. The van der Waals surface area contributed by atoms with E-state index in [2.05, 4.69) is 12.1 Å². The maximum atomic E-state index is 12.1. The molecule has 1 aromatic rings. The maximum absolute atomic E-state index is 12.1. The van der Waals surface area contributed by atoms with Crippen LogP contribution in [-0.2, 0) is 20.7 Å². The molecule has 1 atom stereocenters. The molecule has 1 unspecified atom stereocenters. The first-order chi connectivity index (χ1) is 10.7. The summed E-state index contributed by atoms with van der Waals surface area (Å²) in [6.07, 6.45) is 3.43. The molecule has 0 saturated heterocycles. The summed E-state index contributed by atoms with van der Waals surface area (Å²) in [5, 5.41) is 9.98. The third-order valence-corrected chi connectivity index (χ3v) is 4.47. The van der Waals surface area contributed by atoms with Crippen molar-refractivity contribution < 1.29 is 19.4 Å². The minimum absolute atomic E-state index is 0.0521. The fraction of sp³-hybridized carbons (Fsp3) is 0.579. The lowest BCUT2D eigenvalue weighted by atomic mass is 9.95. The highest BCUT2D eigenvalue weighted by Crippen LogP contribution is 2.41. The summed E-state index contributed by atoms with van der Waals surface area (Å²) < 4.78 is 4.84. The van der Waals surface area contributed by atoms with Gasteiger partial charge in [0.25, 0.3) is 0 Å². The summed E-state index contributed by atoms with van der Waals surface area (Å²) in [6.45, 7) is 7.21. The van der Waals surface area contributed by atoms with Gasteiger partial charge in [-0.2, -0.15) is 0 Å². The van der Waals surface area contributed by atoms with Crippen molar-refractivity contribution in [3.63, 3.8) is 0 Å². The molecule has 0 amide bonds. The minimum atomic E-state index is -1.61. The first-order valence-corrected chi connectivity index (χ1v) is 8.32. The van der Waals surface area contributed by atoms with Crippen molar-refractivity contribution in [2.75, 3.05) is 0 Å². The number of aliphatic hydroxyl groups is 1. The predicted molar refractivity (Wildman–Crippen MR) is 88.2 cm³/mol. The van der Waals surface area contributed by atoms with Crippen LogP contribution in [-0.4, -0.2) is 22.6 Å². The van der Waals surface area contributed by atoms with E-state index in [-0.39, 0.29) is 12.8 Å². The molecule has 0 radical (unpaired) electrons. The Morgan fingerprint density at radius 3 is 2.30 bits per heavy atom. The Morgan fingerprint density at radius 1 is 1.26 bits per heavy atom. The van der Waals surface area contributed by atoms with Gasteiger partial charge in [-0.3, -0.25) is 4.79 Å². The summed E-state index contributed by atoms with van der Waals surface area (Å²) in [6, 6.07) is 4.25. The molecule has 1 aromatic carbocycles. The third kappa shape index (κ3) is 4.41. The molecule has 1 fully saturated rings. The Labute approximate surface area is 137 Å². The lowest BCUT2D eigenvalue weighted by Gasteiger charge is -2.20. The molecule has 1 aliphatic rings. The lowest BCUT2D eigenvalue weighted by molar-refractivity contribution is -0.173. The molecule has 1 N–H and O–H groups in total. The van der Waals surface area contributed by atoms with E-state index in [1.807, 2.05) is 20.8 Å². The van der Waals surface area contributed by atoms with Crippen molar-refractivity contribution in [1.29, 1.82) is 0 Å². The van der Waals surface area contributed by atoms with Crippen LogP contribution in [0.3, 0.4) is 0 Å². The van der Waals surface area contributed by atoms with E-state index >= 15 is 0 Å². The van der Waals surface area contributed by atoms with Crippen molar-refractivity contribution in [3.05, 3.63) is 34.4 Å². The van der Waals surface area contributed by atoms with Gasteiger partial charge in [0, 0.05) is 0 Å². The largest absolute Gasteiger partial charge is 0.391 e. The minimum Gasteiger partial charge on any atom is -0.391 e. The molecule has 4 heteroatoms. The smallest absolute Gasteiger partial charge is 0.345 e. The standard InChI is InChI=1S/C19H26O4/c1-5-8-19(4,22)18(21)23-17(20)11-16-12(2)9-15(10-13(16)3)14-6-7-14/h9-10,14,22H,5-8,11H2,1-4H3. The van der Waals surface area contributed by atoms with Crippen molar-refractivity contribution >= 4 is 11.9 Å². The normalized spacial score (nSPS) is 16.7. The van der Waals surface area contributed by atoms with E-state index in [1.165, 1.54) is 25.3 Å². The molecule has 0 aliphatic heterocycles. The van der Waals surface area contributed by atoms with Crippen molar-refractivity contribution in [2.24, 2.45) is 0 Å². The highest BCUT2D eigenvalue weighted by molar-refractivity contribution is 5.91. The van der Waals surface area contributed by atoms with Crippen LogP contribution in [0.2, 0.25) is 0 Å². The molecule has 0 aromatic heterocycles. The van der Waals surface area contributed by atoms with Crippen LogP contribution in [0.25, 0.3) is 0 Å². The van der Waals surface area contributed by atoms with Gasteiger partial charge in [0.15, 0.2) is 5.60 Å². The van der Waals surface area contributed by atoms with Gasteiger partial charge in [0.2, 0.25) is 0 Å². The SMILES string of the molecule is CCCC(C)(O)C(=O)OC(=O)Cc1c(C)cc(C2CC2)cc1C. The average molecular weight is 318 g/mol. The van der Waals surface area contributed by atoms with Crippen LogP contribution in [0.5, 0.6) is 0 Å². The van der Waals surface area contributed by atoms with Crippen LogP contribution in [0.4, 0.5) is 0 Å². The topological polar surface area (TPSA) is 63.6 Å². The van der Waals surface area contributed by atoms with E-state index in [0.717, 1.165) is 16.7 Å². The fourth-order valence-corrected chi connectivity index (χ4v) is 2.94. The summed E-state index contributed by atoms with van der Waals surface area (Å²) in [4.78, 5) is 23.9. The average Bonchev–Trinajstić information content (AvgIpc) is 3.27. The first-order valence-electron chi connectivity index (χ1n) is 8.32. The maximum Gasteiger partial charge on any atom is 0.345 e. The molecule has 1 aliphatic carbocycles. The molecule has 2 rings (SSSR count). The zero-order valence-corrected chi connectivity index (χ0v) is 14.4. The molecule has 23 heavy (non-hydrogen) atoms. The highest BCUT2D eigenvalue weighted by atomic mass is 16.6. The second kappa shape index (κ2) is 6.83. The quantitative estimate of drug-likeness (QED) is 0.645. The number of carbonyl (C=O) groups is 2. The fourth-order valence-electron chi connectivity index (χ4n) is 2.94. The van der Waals surface area contributed by atoms with Gasteiger partial charge in [-0.1, -0.05) is 25.5 Å². The van der Waals surface area contributed by atoms with Gasteiger partial charge in [-0.15, -0.1) is 0 Å². The molecule has 0 heterocycles. The van der Waals surface area contributed by atoms with Crippen LogP contribution in [0, 0.1) is 13.8 Å². The zero-order chi connectivity index (χ0) is 17.2.